The first-order chi connectivity index (χ1) is 12.2. The lowest BCUT2D eigenvalue weighted by molar-refractivity contribution is -0.159. The number of carbonyl (C=O) groups is 5. The highest BCUT2D eigenvalue weighted by molar-refractivity contribution is 6.05. The third kappa shape index (κ3) is 4.27. The van der Waals surface area contributed by atoms with Crippen LogP contribution in [0.3, 0.4) is 0 Å². The Balaban J connectivity index is 1.91. The van der Waals surface area contributed by atoms with E-state index in [0.29, 0.717) is 12.8 Å². The van der Waals surface area contributed by atoms with Gasteiger partial charge in [0.1, 0.15) is 0 Å². The van der Waals surface area contributed by atoms with Gasteiger partial charge < -0.3 is 10.5 Å². The zero-order valence-corrected chi connectivity index (χ0v) is 14.8. The molecule has 3 N–H and O–H groups in total. The van der Waals surface area contributed by atoms with Gasteiger partial charge in [-0.3, -0.25) is 29.4 Å². The van der Waals surface area contributed by atoms with Gasteiger partial charge in [0.15, 0.2) is 6.10 Å². The zero-order valence-electron chi connectivity index (χ0n) is 14.8. The standard InChI is InChI=1S/C17H23N3O6/c1-9(2)13(14(22)19-17(18)25)26-12(21)7-8-20-15(23)10-5-3-4-6-11(10)16(20)24/h3-4,9-11,13H,5-8H2,1-2H3,(H3,18,19,22,25)/t10-,11+,13-/m1/s1. The van der Waals surface area contributed by atoms with Crippen LogP contribution in [-0.4, -0.2) is 47.3 Å². The Morgan fingerprint density at radius 3 is 2.19 bits per heavy atom. The van der Waals surface area contributed by atoms with Gasteiger partial charge in [0, 0.05) is 6.54 Å². The Morgan fingerprint density at radius 2 is 1.73 bits per heavy atom. The summed E-state index contributed by atoms with van der Waals surface area (Å²) in [4.78, 5) is 60.4. The number of nitrogens with zero attached hydrogens (tertiary/aromatic N) is 1. The lowest BCUT2D eigenvalue weighted by atomic mass is 9.85. The molecule has 0 aromatic carbocycles. The van der Waals surface area contributed by atoms with Gasteiger partial charge in [0.25, 0.3) is 5.91 Å². The van der Waals surface area contributed by atoms with E-state index in [1.807, 2.05) is 17.5 Å². The van der Waals surface area contributed by atoms with Gasteiger partial charge in [0.2, 0.25) is 11.8 Å². The Labute approximate surface area is 150 Å². The molecule has 1 aliphatic carbocycles. The van der Waals surface area contributed by atoms with Crippen molar-refractivity contribution >= 4 is 29.7 Å². The van der Waals surface area contributed by atoms with Crippen molar-refractivity contribution in [3.05, 3.63) is 12.2 Å². The van der Waals surface area contributed by atoms with Gasteiger partial charge in [-0.1, -0.05) is 26.0 Å². The number of nitrogens with one attached hydrogen (secondary N) is 1. The molecule has 2 rings (SSSR count). The molecule has 3 atom stereocenters. The van der Waals surface area contributed by atoms with E-state index in [4.69, 9.17) is 10.5 Å². The minimum Gasteiger partial charge on any atom is -0.452 e. The van der Waals surface area contributed by atoms with E-state index in [1.165, 1.54) is 0 Å². The predicted molar refractivity (Wildman–Crippen MR) is 89.1 cm³/mol. The first-order valence-corrected chi connectivity index (χ1v) is 8.52. The van der Waals surface area contributed by atoms with Gasteiger partial charge in [-0.15, -0.1) is 0 Å². The van der Waals surface area contributed by atoms with Crippen molar-refractivity contribution in [3.63, 3.8) is 0 Å². The quantitative estimate of drug-likeness (QED) is 0.389. The fraction of sp³-hybridized carbons (Fsp3) is 0.588. The molecule has 0 spiro atoms. The highest BCUT2D eigenvalue weighted by Crippen LogP contribution is 2.35. The number of fused-ring (bicyclic) bond motifs is 1. The molecule has 1 saturated heterocycles. The van der Waals surface area contributed by atoms with Crippen molar-refractivity contribution in [2.75, 3.05) is 6.54 Å². The van der Waals surface area contributed by atoms with Crippen LogP contribution in [0.5, 0.6) is 0 Å². The Kier molecular flexibility index (Phi) is 6.12. The van der Waals surface area contributed by atoms with Crippen LogP contribution in [0.4, 0.5) is 4.79 Å². The summed E-state index contributed by atoms with van der Waals surface area (Å²) in [5.41, 5.74) is 4.89. The third-order valence-electron chi connectivity index (χ3n) is 4.51. The molecule has 1 fully saturated rings. The molecule has 0 radical (unpaired) electrons. The number of imide groups is 2. The van der Waals surface area contributed by atoms with Crippen molar-refractivity contribution in [3.8, 4) is 0 Å². The van der Waals surface area contributed by atoms with Gasteiger partial charge in [0.05, 0.1) is 18.3 Å². The molecule has 5 amide bonds. The summed E-state index contributed by atoms with van der Waals surface area (Å²) in [6.07, 6.45) is 3.41. The second kappa shape index (κ2) is 8.11. The first-order valence-electron chi connectivity index (χ1n) is 8.52. The molecule has 1 heterocycles. The lowest BCUT2D eigenvalue weighted by Gasteiger charge is -2.20. The maximum atomic E-state index is 12.3. The third-order valence-corrected chi connectivity index (χ3v) is 4.51. The second-order valence-electron chi connectivity index (χ2n) is 6.74. The first kappa shape index (κ1) is 19.6. The smallest absolute Gasteiger partial charge is 0.318 e. The number of likely N-dealkylation sites (tertiary alicyclic amines) is 1. The summed E-state index contributed by atoms with van der Waals surface area (Å²) < 4.78 is 5.10. The van der Waals surface area contributed by atoms with Gasteiger partial charge in [-0.05, 0) is 18.8 Å². The molecule has 0 aromatic rings. The second-order valence-corrected chi connectivity index (χ2v) is 6.74. The Hall–Kier alpha value is -2.71. The Bertz CT molecular complexity index is 631. The lowest BCUT2D eigenvalue weighted by Crippen LogP contribution is -2.45. The normalized spacial score (nSPS) is 23.0. The molecule has 9 nitrogen and oxygen atoms in total. The number of carbonyl (C=O) groups excluding carboxylic acids is 5. The maximum Gasteiger partial charge on any atom is 0.318 e. The van der Waals surface area contributed by atoms with Gasteiger partial charge in [-0.2, -0.15) is 0 Å². The summed E-state index contributed by atoms with van der Waals surface area (Å²) in [5, 5.41) is 1.87. The summed E-state index contributed by atoms with van der Waals surface area (Å²) in [6.45, 7) is 3.19. The summed E-state index contributed by atoms with van der Waals surface area (Å²) in [6, 6.07) is -1.04. The van der Waals surface area contributed by atoms with Crippen LogP contribution in [0.1, 0.15) is 33.1 Å². The SMILES string of the molecule is CC(C)[C@@H](OC(=O)CCN1C(=O)[C@H]2CC=CC[C@H]2C1=O)C(=O)NC(N)=O. The number of hydrogen-bond acceptors (Lipinski definition) is 6. The maximum absolute atomic E-state index is 12.3. The predicted octanol–water partition coefficient (Wildman–Crippen LogP) is 0.0904. The zero-order chi connectivity index (χ0) is 19.4. The monoisotopic (exact) mass is 365 g/mol. The molecule has 142 valence electrons. The van der Waals surface area contributed by atoms with Crippen molar-refractivity contribution in [1.29, 1.82) is 0 Å². The number of ether oxygens (including phenoxy) is 1. The van der Waals surface area contributed by atoms with E-state index in [9.17, 15) is 24.0 Å². The van der Waals surface area contributed by atoms with Crippen LogP contribution in [0, 0.1) is 17.8 Å². The number of allylic oxidation sites excluding steroid dienone is 2. The van der Waals surface area contributed by atoms with Crippen LogP contribution in [0.25, 0.3) is 0 Å². The summed E-state index contributed by atoms with van der Waals surface area (Å²) in [5.74, 6) is -3.19. The number of rotatable bonds is 6. The van der Waals surface area contributed by atoms with Crippen LogP contribution in [0.15, 0.2) is 12.2 Å². The molecule has 26 heavy (non-hydrogen) atoms. The average molecular weight is 365 g/mol. The number of primary amides is 1. The van der Waals surface area contributed by atoms with Crippen molar-refractivity contribution in [1.82, 2.24) is 10.2 Å². The largest absolute Gasteiger partial charge is 0.452 e. The molecule has 0 aromatic heterocycles. The molecule has 1 aliphatic heterocycles. The average Bonchev–Trinajstić information content (AvgIpc) is 2.81. The van der Waals surface area contributed by atoms with E-state index in [2.05, 4.69) is 0 Å². The molecule has 2 aliphatic rings. The number of esters is 1. The Morgan fingerprint density at radius 1 is 1.19 bits per heavy atom. The topological polar surface area (TPSA) is 136 Å². The van der Waals surface area contributed by atoms with E-state index in [1.54, 1.807) is 13.8 Å². The minimum atomic E-state index is -1.19. The van der Waals surface area contributed by atoms with Crippen LogP contribution in [-0.2, 0) is 23.9 Å². The highest BCUT2D eigenvalue weighted by Gasteiger charge is 2.47. The van der Waals surface area contributed by atoms with Crippen molar-refractivity contribution in [2.24, 2.45) is 23.5 Å². The summed E-state index contributed by atoms with van der Waals surface area (Å²) in [7, 11) is 0. The summed E-state index contributed by atoms with van der Waals surface area (Å²) >= 11 is 0. The van der Waals surface area contributed by atoms with Gasteiger partial charge >= 0.3 is 12.0 Å². The number of hydrogen-bond donors (Lipinski definition) is 2. The van der Waals surface area contributed by atoms with Crippen LogP contribution >= 0.6 is 0 Å². The molecule has 9 heteroatoms. The van der Waals surface area contributed by atoms with E-state index >= 15 is 0 Å². The fourth-order valence-corrected chi connectivity index (χ4v) is 3.18. The highest BCUT2D eigenvalue weighted by atomic mass is 16.5. The molecular formula is C17H23N3O6. The minimum absolute atomic E-state index is 0.0915. The number of urea groups is 1. The van der Waals surface area contributed by atoms with E-state index < -0.39 is 24.0 Å². The van der Waals surface area contributed by atoms with E-state index in [-0.39, 0.29) is 42.5 Å². The molecule has 0 unspecified atom stereocenters. The number of nitrogens with two attached hydrogens (primary N) is 1. The van der Waals surface area contributed by atoms with E-state index in [0.717, 1.165) is 4.90 Å². The number of amides is 5. The van der Waals surface area contributed by atoms with Crippen LogP contribution in [0.2, 0.25) is 0 Å². The van der Waals surface area contributed by atoms with Crippen molar-refractivity contribution < 1.29 is 28.7 Å². The molecule has 0 saturated carbocycles. The van der Waals surface area contributed by atoms with Crippen molar-refractivity contribution in [2.45, 2.75) is 39.2 Å². The fourth-order valence-electron chi connectivity index (χ4n) is 3.18. The van der Waals surface area contributed by atoms with Crippen LogP contribution < -0.4 is 11.1 Å². The molecule has 0 bridgehead atoms. The van der Waals surface area contributed by atoms with Gasteiger partial charge in [-0.25, -0.2) is 4.79 Å². The molecular weight excluding hydrogens is 342 g/mol.